The Morgan fingerprint density at radius 1 is 1.35 bits per heavy atom. The van der Waals surface area contributed by atoms with Gasteiger partial charge in [0.1, 0.15) is 6.33 Å². The Bertz CT molecular complexity index is 609. The minimum Gasteiger partial charge on any atom is -0.361 e. The van der Waals surface area contributed by atoms with Gasteiger partial charge in [-0.25, -0.2) is 0 Å². The molecule has 6 heteroatoms. The molecule has 5 nitrogen and oxygen atoms in total. The highest BCUT2D eigenvalue weighted by atomic mass is 35.5. The predicted molar refractivity (Wildman–Crippen MR) is 80.0 cm³/mol. The largest absolute Gasteiger partial charge is 0.361 e. The molecule has 1 N–H and O–H groups in total. The number of fused-ring (bicyclic) bond motifs is 1. The molecule has 2 heterocycles. The average Bonchev–Trinajstić information content (AvgIpc) is 2.93. The zero-order chi connectivity index (χ0) is 14.1. The fraction of sp³-hybridized carbons (Fsp3) is 0.429. The van der Waals surface area contributed by atoms with Crippen LogP contribution in [0.5, 0.6) is 0 Å². The van der Waals surface area contributed by atoms with Gasteiger partial charge in [0.15, 0.2) is 5.82 Å². The van der Waals surface area contributed by atoms with Gasteiger partial charge in [-0.15, -0.1) is 10.2 Å². The maximum absolute atomic E-state index is 6.45. The highest BCUT2D eigenvalue weighted by Gasteiger charge is 2.20. The van der Waals surface area contributed by atoms with E-state index in [0.29, 0.717) is 6.04 Å². The number of halogens is 1. The smallest absolute Gasteiger partial charge is 0.152 e. The SMILES string of the molecule is CNC(C)c1ccc(N2CCn3cnnc3C2)c(Cl)c1. The van der Waals surface area contributed by atoms with Gasteiger partial charge in [0.2, 0.25) is 0 Å². The van der Waals surface area contributed by atoms with E-state index in [2.05, 4.69) is 44.0 Å². The van der Waals surface area contributed by atoms with Gasteiger partial charge >= 0.3 is 0 Å². The average molecular weight is 292 g/mol. The van der Waals surface area contributed by atoms with Crippen LogP contribution in [-0.2, 0) is 13.1 Å². The van der Waals surface area contributed by atoms with Crippen LogP contribution in [0.15, 0.2) is 24.5 Å². The summed E-state index contributed by atoms with van der Waals surface area (Å²) in [5.41, 5.74) is 2.26. The molecule has 0 saturated carbocycles. The van der Waals surface area contributed by atoms with Crippen molar-refractivity contribution >= 4 is 17.3 Å². The van der Waals surface area contributed by atoms with Gasteiger partial charge in [-0.2, -0.15) is 0 Å². The van der Waals surface area contributed by atoms with E-state index < -0.39 is 0 Å². The summed E-state index contributed by atoms with van der Waals surface area (Å²) >= 11 is 6.45. The van der Waals surface area contributed by atoms with E-state index in [0.717, 1.165) is 36.2 Å². The molecule has 1 unspecified atom stereocenters. The topological polar surface area (TPSA) is 46.0 Å². The number of benzene rings is 1. The molecule has 1 aromatic carbocycles. The van der Waals surface area contributed by atoms with Gasteiger partial charge in [-0.1, -0.05) is 17.7 Å². The second-order valence-electron chi connectivity index (χ2n) is 5.08. The zero-order valence-corrected chi connectivity index (χ0v) is 12.4. The number of aromatic nitrogens is 3. The third-order valence-corrected chi connectivity index (χ3v) is 4.19. The molecule has 0 bridgehead atoms. The molecule has 3 rings (SSSR count). The van der Waals surface area contributed by atoms with Gasteiger partial charge in [0.05, 0.1) is 17.3 Å². The van der Waals surface area contributed by atoms with Crippen LogP contribution in [0.1, 0.15) is 24.4 Å². The highest BCUT2D eigenvalue weighted by molar-refractivity contribution is 6.33. The Morgan fingerprint density at radius 2 is 2.20 bits per heavy atom. The maximum Gasteiger partial charge on any atom is 0.152 e. The molecule has 0 amide bonds. The minimum absolute atomic E-state index is 0.297. The molecule has 0 aliphatic carbocycles. The normalized spacial score (nSPS) is 16.1. The van der Waals surface area contributed by atoms with E-state index in [1.807, 2.05) is 13.1 Å². The molecule has 1 aliphatic rings. The lowest BCUT2D eigenvalue weighted by Gasteiger charge is -2.30. The number of rotatable bonds is 3. The molecular formula is C14H18ClN5. The highest BCUT2D eigenvalue weighted by Crippen LogP contribution is 2.30. The van der Waals surface area contributed by atoms with Gasteiger partial charge in [-0.05, 0) is 31.7 Å². The van der Waals surface area contributed by atoms with Crippen molar-refractivity contribution in [3.63, 3.8) is 0 Å². The molecule has 1 atom stereocenters. The summed E-state index contributed by atoms with van der Waals surface area (Å²) in [5, 5.41) is 12.1. The van der Waals surface area contributed by atoms with Gasteiger partial charge in [0, 0.05) is 19.1 Å². The summed E-state index contributed by atoms with van der Waals surface area (Å²) in [6.07, 6.45) is 1.78. The van der Waals surface area contributed by atoms with E-state index in [1.165, 1.54) is 5.56 Å². The monoisotopic (exact) mass is 291 g/mol. The summed E-state index contributed by atoms with van der Waals surface area (Å²) < 4.78 is 2.09. The van der Waals surface area contributed by atoms with Crippen LogP contribution < -0.4 is 10.2 Å². The third-order valence-electron chi connectivity index (χ3n) is 3.88. The minimum atomic E-state index is 0.297. The number of nitrogens with one attached hydrogen (secondary N) is 1. The second kappa shape index (κ2) is 5.42. The second-order valence-corrected chi connectivity index (χ2v) is 5.49. The zero-order valence-electron chi connectivity index (χ0n) is 11.7. The van der Waals surface area contributed by atoms with Crippen molar-refractivity contribution < 1.29 is 0 Å². The lowest BCUT2D eigenvalue weighted by atomic mass is 10.1. The Hall–Kier alpha value is -1.59. The summed E-state index contributed by atoms with van der Waals surface area (Å²) in [6.45, 7) is 4.69. The van der Waals surface area contributed by atoms with Crippen molar-refractivity contribution in [1.82, 2.24) is 20.1 Å². The van der Waals surface area contributed by atoms with Crippen LogP contribution in [0.2, 0.25) is 5.02 Å². The summed E-state index contributed by atoms with van der Waals surface area (Å²) in [5.74, 6) is 0.986. The Morgan fingerprint density at radius 3 is 2.95 bits per heavy atom. The summed E-state index contributed by atoms with van der Waals surface area (Å²) in [6, 6.07) is 6.56. The van der Waals surface area contributed by atoms with Gasteiger partial charge < -0.3 is 14.8 Å². The molecule has 20 heavy (non-hydrogen) atoms. The van der Waals surface area contributed by atoms with Crippen molar-refractivity contribution in [2.75, 3.05) is 18.5 Å². The number of nitrogens with zero attached hydrogens (tertiary/aromatic N) is 4. The fourth-order valence-electron chi connectivity index (χ4n) is 2.49. The van der Waals surface area contributed by atoms with Crippen LogP contribution in [0, 0.1) is 0 Å². The maximum atomic E-state index is 6.45. The Kier molecular flexibility index (Phi) is 3.63. The summed E-state index contributed by atoms with van der Waals surface area (Å²) in [7, 11) is 1.95. The molecule has 106 valence electrons. The molecule has 0 radical (unpaired) electrons. The van der Waals surface area contributed by atoms with E-state index in [1.54, 1.807) is 6.33 Å². The predicted octanol–water partition coefficient (Wildman–Crippen LogP) is 2.23. The van der Waals surface area contributed by atoms with E-state index in [9.17, 15) is 0 Å². The van der Waals surface area contributed by atoms with Crippen LogP contribution >= 0.6 is 11.6 Å². The molecular weight excluding hydrogens is 274 g/mol. The summed E-state index contributed by atoms with van der Waals surface area (Å²) in [4.78, 5) is 2.25. The number of hydrogen-bond donors (Lipinski definition) is 1. The number of anilines is 1. The molecule has 1 aliphatic heterocycles. The van der Waals surface area contributed by atoms with Crippen molar-refractivity contribution in [3.05, 3.63) is 40.9 Å². The van der Waals surface area contributed by atoms with Crippen molar-refractivity contribution in [2.24, 2.45) is 0 Å². The Balaban J connectivity index is 1.85. The van der Waals surface area contributed by atoms with Crippen LogP contribution in [0.25, 0.3) is 0 Å². The quantitative estimate of drug-likeness (QED) is 0.942. The molecule has 1 aromatic heterocycles. The Labute approximate surface area is 123 Å². The van der Waals surface area contributed by atoms with Crippen molar-refractivity contribution in [1.29, 1.82) is 0 Å². The van der Waals surface area contributed by atoms with Gasteiger partial charge in [-0.3, -0.25) is 0 Å². The lowest BCUT2D eigenvalue weighted by Crippen LogP contribution is -2.33. The van der Waals surface area contributed by atoms with E-state index in [4.69, 9.17) is 11.6 Å². The standard InChI is InChI=1S/C14H18ClN5/c1-10(16-2)11-3-4-13(12(15)7-11)19-5-6-20-9-17-18-14(20)8-19/h3-4,7,9-10,16H,5-6,8H2,1-2H3. The first-order chi connectivity index (χ1) is 9.69. The van der Waals surface area contributed by atoms with Crippen molar-refractivity contribution in [2.45, 2.75) is 26.1 Å². The molecule has 0 fully saturated rings. The van der Waals surface area contributed by atoms with Gasteiger partial charge in [0.25, 0.3) is 0 Å². The third kappa shape index (κ3) is 2.39. The lowest BCUT2D eigenvalue weighted by molar-refractivity contribution is 0.560. The van der Waals surface area contributed by atoms with Crippen molar-refractivity contribution in [3.8, 4) is 0 Å². The van der Waals surface area contributed by atoms with Crippen LogP contribution in [0.3, 0.4) is 0 Å². The molecule has 0 spiro atoms. The first kappa shape index (κ1) is 13.4. The molecule has 2 aromatic rings. The van der Waals surface area contributed by atoms with Crippen LogP contribution in [-0.4, -0.2) is 28.4 Å². The van der Waals surface area contributed by atoms with Crippen LogP contribution in [0.4, 0.5) is 5.69 Å². The number of hydrogen-bond acceptors (Lipinski definition) is 4. The van der Waals surface area contributed by atoms with E-state index >= 15 is 0 Å². The van der Waals surface area contributed by atoms with E-state index in [-0.39, 0.29) is 0 Å². The fourth-order valence-corrected chi connectivity index (χ4v) is 2.80. The first-order valence-corrected chi connectivity index (χ1v) is 7.15. The molecule has 0 saturated heterocycles. The first-order valence-electron chi connectivity index (χ1n) is 6.77.